The number of rotatable bonds is 9. The van der Waals surface area contributed by atoms with Gasteiger partial charge in [0.15, 0.2) is 0 Å². The minimum absolute atomic E-state index is 0.0690. The van der Waals surface area contributed by atoms with E-state index in [1.54, 1.807) is 31.2 Å². The molecule has 1 aromatic rings. The van der Waals surface area contributed by atoms with Gasteiger partial charge in [-0.05, 0) is 43.9 Å². The molecule has 8 heteroatoms. The number of carbonyl (C=O) groups is 2. The second kappa shape index (κ2) is 8.18. The van der Waals surface area contributed by atoms with Crippen molar-refractivity contribution in [3.8, 4) is 0 Å². The molecule has 0 heterocycles. The van der Waals surface area contributed by atoms with Crippen LogP contribution in [-0.2, 0) is 25.4 Å². The van der Waals surface area contributed by atoms with Gasteiger partial charge in [0.1, 0.15) is 0 Å². The van der Waals surface area contributed by atoms with Crippen LogP contribution < -0.4 is 10.0 Å². The van der Waals surface area contributed by atoms with E-state index in [-0.39, 0.29) is 24.1 Å². The summed E-state index contributed by atoms with van der Waals surface area (Å²) >= 11 is 0. The van der Waals surface area contributed by atoms with Gasteiger partial charge in [-0.1, -0.05) is 25.5 Å². The van der Waals surface area contributed by atoms with Crippen LogP contribution in [0.2, 0.25) is 0 Å². The molecular weight excluding hydrogens is 356 g/mol. The quantitative estimate of drug-likeness (QED) is 0.607. The van der Waals surface area contributed by atoms with Crippen molar-refractivity contribution in [1.29, 1.82) is 0 Å². The molecule has 1 aliphatic carbocycles. The number of hydrogen-bond acceptors (Lipinski definition) is 4. The first-order chi connectivity index (χ1) is 12.2. The summed E-state index contributed by atoms with van der Waals surface area (Å²) in [6.07, 6.45) is 2.46. The Kier molecular flexibility index (Phi) is 6.41. The molecule has 1 aromatic carbocycles. The number of carbonyl (C=O) groups excluding carboxylic acids is 1. The third-order valence-electron chi connectivity index (χ3n) is 4.82. The maximum atomic E-state index is 12.2. The predicted octanol–water partition coefficient (Wildman–Crippen LogP) is 2.49. The van der Waals surface area contributed by atoms with E-state index >= 15 is 0 Å². The third kappa shape index (κ3) is 5.28. The van der Waals surface area contributed by atoms with Crippen LogP contribution in [0.4, 0.5) is 5.69 Å². The number of anilines is 1. The van der Waals surface area contributed by atoms with Gasteiger partial charge in [0.2, 0.25) is 15.9 Å². The van der Waals surface area contributed by atoms with Gasteiger partial charge in [0, 0.05) is 18.2 Å². The van der Waals surface area contributed by atoms with Crippen LogP contribution in [0.15, 0.2) is 24.3 Å². The first-order valence-electron chi connectivity index (χ1n) is 8.78. The van der Waals surface area contributed by atoms with E-state index < -0.39 is 21.4 Å². The molecule has 0 radical (unpaired) electrons. The average molecular weight is 382 g/mol. The summed E-state index contributed by atoms with van der Waals surface area (Å²) in [5.74, 6) is -1.49. The minimum Gasteiger partial charge on any atom is -0.481 e. The molecule has 0 spiro atoms. The van der Waals surface area contributed by atoms with Gasteiger partial charge in [-0.15, -0.1) is 0 Å². The fraction of sp³-hybridized carbons (Fsp3) is 0.556. The van der Waals surface area contributed by atoms with Gasteiger partial charge >= 0.3 is 5.97 Å². The molecule has 3 N–H and O–H groups in total. The first kappa shape index (κ1) is 20.4. The fourth-order valence-electron chi connectivity index (χ4n) is 2.97. The Morgan fingerprint density at radius 1 is 1.31 bits per heavy atom. The Labute approximate surface area is 154 Å². The summed E-state index contributed by atoms with van der Waals surface area (Å²) in [4.78, 5) is 23.6. The van der Waals surface area contributed by atoms with Gasteiger partial charge in [0.25, 0.3) is 0 Å². The number of sulfonamides is 1. The van der Waals surface area contributed by atoms with E-state index in [1.807, 2.05) is 6.92 Å². The molecule has 26 heavy (non-hydrogen) atoms. The number of benzene rings is 1. The molecule has 1 atom stereocenters. The highest BCUT2D eigenvalue weighted by molar-refractivity contribution is 7.88. The molecule has 1 saturated carbocycles. The van der Waals surface area contributed by atoms with Crippen molar-refractivity contribution in [3.63, 3.8) is 0 Å². The number of carboxylic acids is 1. The maximum absolute atomic E-state index is 12.2. The first-order valence-corrected chi connectivity index (χ1v) is 10.4. The van der Waals surface area contributed by atoms with Crippen molar-refractivity contribution in [2.75, 3.05) is 5.32 Å². The normalized spacial score (nSPS) is 17.2. The zero-order valence-electron chi connectivity index (χ0n) is 15.1. The largest absolute Gasteiger partial charge is 0.481 e. The van der Waals surface area contributed by atoms with Gasteiger partial charge in [0.05, 0.1) is 11.2 Å². The summed E-state index contributed by atoms with van der Waals surface area (Å²) in [5.41, 5.74) is 0.0620. The second-order valence-electron chi connectivity index (χ2n) is 7.05. The van der Waals surface area contributed by atoms with Gasteiger partial charge in [-0.3, -0.25) is 9.59 Å². The van der Waals surface area contributed by atoms with Gasteiger partial charge in [-0.2, -0.15) is 0 Å². The van der Waals surface area contributed by atoms with E-state index in [2.05, 4.69) is 10.0 Å². The van der Waals surface area contributed by atoms with Crippen molar-refractivity contribution in [1.82, 2.24) is 4.72 Å². The molecule has 0 aliphatic heterocycles. The van der Waals surface area contributed by atoms with Gasteiger partial charge < -0.3 is 10.4 Å². The summed E-state index contributed by atoms with van der Waals surface area (Å²) in [6, 6.07) is 6.46. The van der Waals surface area contributed by atoms with Gasteiger partial charge in [-0.25, -0.2) is 13.1 Å². The molecule has 0 bridgehead atoms. The van der Waals surface area contributed by atoms with Crippen molar-refractivity contribution in [2.45, 2.75) is 57.7 Å². The third-order valence-corrected chi connectivity index (χ3v) is 6.30. The number of nitrogens with one attached hydrogen (secondary N) is 2. The molecule has 0 saturated heterocycles. The molecular formula is C18H26N2O5S. The van der Waals surface area contributed by atoms with Crippen molar-refractivity contribution in [3.05, 3.63) is 29.8 Å². The van der Waals surface area contributed by atoms with Crippen LogP contribution >= 0.6 is 0 Å². The lowest BCUT2D eigenvalue weighted by atomic mass is 9.66. The molecule has 0 aromatic heterocycles. The van der Waals surface area contributed by atoms with Crippen molar-refractivity contribution in [2.24, 2.45) is 5.41 Å². The van der Waals surface area contributed by atoms with E-state index in [1.165, 1.54) is 0 Å². The Morgan fingerprint density at radius 3 is 2.54 bits per heavy atom. The SMILES string of the molecule is CCC(C)NS(=O)(=O)Cc1cccc(NC(=O)CC2(C(=O)O)CCC2)c1. The standard InChI is InChI=1S/C18H26N2O5S/c1-3-13(2)20-26(24,25)12-14-6-4-7-15(10-14)19-16(21)11-18(17(22)23)8-5-9-18/h4,6-7,10,13,20H,3,5,8-9,11-12H2,1-2H3,(H,19,21)(H,22,23). The van der Waals surface area contributed by atoms with E-state index in [0.29, 0.717) is 30.5 Å². The van der Waals surface area contributed by atoms with Crippen LogP contribution in [-0.4, -0.2) is 31.4 Å². The molecule has 144 valence electrons. The highest BCUT2D eigenvalue weighted by Crippen LogP contribution is 2.44. The smallest absolute Gasteiger partial charge is 0.310 e. The lowest BCUT2D eigenvalue weighted by Gasteiger charge is -2.36. The van der Waals surface area contributed by atoms with E-state index in [0.717, 1.165) is 6.42 Å². The highest BCUT2D eigenvalue weighted by Gasteiger charge is 2.45. The summed E-state index contributed by atoms with van der Waals surface area (Å²) in [5, 5.41) is 12.0. The summed E-state index contributed by atoms with van der Waals surface area (Å²) in [6.45, 7) is 3.70. The number of hydrogen-bond donors (Lipinski definition) is 3. The lowest BCUT2D eigenvalue weighted by molar-refractivity contribution is -0.157. The van der Waals surface area contributed by atoms with Crippen LogP contribution in [0.25, 0.3) is 0 Å². The Hall–Kier alpha value is -1.93. The zero-order chi connectivity index (χ0) is 19.4. The van der Waals surface area contributed by atoms with Crippen LogP contribution in [0.5, 0.6) is 0 Å². The molecule has 1 unspecified atom stereocenters. The number of carboxylic acid groups (broad SMARTS) is 1. The van der Waals surface area contributed by atoms with Crippen LogP contribution in [0, 0.1) is 5.41 Å². The topological polar surface area (TPSA) is 113 Å². The zero-order valence-corrected chi connectivity index (χ0v) is 15.9. The van der Waals surface area contributed by atoms with Crippen LogP contribution in [0.1, 0.15) is 51.5 Å². The average Bonchev–Trinajstić information content (AvgIpc) is 2.49. The highest BCUT2D eigenvalue weighted by atomic mass is 32.2. The van der Waals surface area contributed by atoms with Crippen molar-refractivity contribution < 1.29 is 23.1 Å². The maximum Gasteiger partial charge on any atom is 0.310 e. The minimum atomic E-state index is -3.47. The predicted molar refractivity (Wildman–Crippen MR) is 99.1 cm³/mol. The summed E-state index contributed by atoms with van der Waals surface area (Å²) < 4.78 is 26.9. The fourth-order valence-corrected chi connectivity index (χ4v) is 4.45. The molecule has 1 amide bonds. The summed E-state index contributed by atoms with van der Waals surface area (Å²) in [7, 11) is -3.47. The van der Waals surface area contributed by atoms with Crippen molar-refractivity contribution >= 4 is 27.6 Å². The Morgan fingerprint density at radius 2 is 2.00 bits per heavy atom. The van der Waals surface area contributed by atoms with Crippen LogP contribution in [0.3, 0.4) is 0 Å². The molecule has 2 rings (SSSR count). The molecule has 1 fully saturated rings. The lowest BCUT2D eigenvalue weighted by Crippen LogP contribution is -2.41. The monoisotopic (exact) mass is 382 g/mol. The second-order valence-corrected chi connectivity index (χ2v) is 8.80. The van der Waals surface area contributed by atoms with E-state index in [4.69, 9.17) is 0 Å². The number of aliphatic carboxylic acids is 1. The molecule has 1 aliphatic rings. The molecule has 7 nitrogen and oxygen atoms in total. The Balaban J connectivity index is 2.00. The Bertz CT molecular complexity index is 772. The van der Waals surface area contributed by atoms with E-state index in [9.17, 15) is 23.1 Å². The number of amides is 1.